The molecule has 144 valence electrons. The summed E-state index contributed by atoms with van der Waals surface area (Å²) in [6.07, 6.45) is 8.04. The summed E-state index contributed by atoms with van der Waals surface area (Å²) in [4.78, 5) is 30.8. The van der Waals surface area contributed by atoms with E-state index in [1.54, 1.807) is 23.4 Å². The first kappa shape index (κ1) is 20.2. The van der Waals surface area contributed by atoms with E-state index in [9.17, 15) is 9.59 Å². The lowest BCUT2D eigenvalue weighted by Gasteiger charge is -2.14. The van der Waals surface area contributed by atoms with Gasteiger partial charge in [0.15, 0.2) is 0 Å². The zero-order chi connectivity index (χ0) is 19.8. The van der Waals surface area contributed by atoms with Crippen molar-refractivity contribution < 1.29 is 9.59 Å². The van der Waals surface area contributed by atoms with Gasteiger partial charge >= 0.3 is 0 Å². The van der Waals surface area contributed by atoms with Crippen LogP contribution in [0.4, 0.5) is 5.69 Å². The number of aromatic nitrogens is 1. The molecule has 5 nitrogen and oxygen atoms in total. The van der Waals surface area contributed by atoms with Gasteiger partial charge in [0.2, 0.25) is 5.91 Å². The minimum Gasteiger partial charge on any atom is -0.325 e. The van der Waals surface area contributed by atoms with Crippen LogP contribution >= 0.6 is 24.0 Å². The number of thioether (sulfide) groups is 1. The molecule has 28 heavy (non-hydrogen) atoms. The normalized spacial score (nSPS) is 15.3. The van der Waals surface area contributed by atoms with Crippen LogP contribution in [0.2, 0.25) is 0 Å². The highest BCUT2D eigenvalue weighted by Gasteiger charge is 2.31. The summed E-state index contributed by atoms with van der Waals surface area (Å²) in [7, 11) is 0. The zero-order valence-electron chi connectivity index (χ0n) is 15.3. The molecule has 0 atom stereocenters. The molecular weight excluding hydrogens is 390 g/mol. The summed E-state index contributed by atoms with van der Waals surface area (Å²) >= 11 is 6.71. The molecular formula is C21H21N3O2S2. The molecule has 7 heteroatoms. The first-order valence-corrected chi connectivity index (χ1v) is 10.4. The first-order valence-electron chi connectivity index (χ1n) is 9.14. The van der Waals surface area contributed by atoms with E-state index in [1.807, 2.05) is 42.5 Å². The van der Waals surface area contributed by atoms with E-state index in [0.717, 1.165) is 24.8 Å². The lowest BCUT2D eigenvalue weighted by Crippen LogP contribution is -2.29. The molecule has 0 radical (unpaired) electrons. The number of benzene rings is 1. The number of nitrogens with one attached hydrogen (secondary N) is 1. The molecule has 1 aromatic heterocycles. The number of thiocarbonyl (C=S) groups is 1. The van der Waals surface area contributed by atoms with E-state index in [4.69, 9.17) is 12.2 Å². The van der Waals surface area contributed by atoms with Crippen molar-refractivity contribution in [3.8, 4) is 0 Å². The predicted molar refractivity (Wildman–Crippen MR) is 118 cm³/mol. The van der Waals surface area contributed by atoms with Crippen LogP contribution < -0.4 is 5.32 Å². The Kier molecular flexibility index (Phi) is 7.33. The van der Waals surface area contributed by atoms with E-state index in [2.05, 4.69) is 10.3 Å². The summed E-state index contributed by atoms with van der Waals surface area (Å²) in [5.41, 5.74) is 1.69. The van der Waals surface area contributed by atoms with E-state index in [1.165, 1.54) is 11.8 Å². The van der Waals surface area contributed by atoms with Gasteiger partial charge in [0, 0.05) is 19.2 Å². The van der Waals surface area contributed by atoms with Crippen molar-refractivity contribution in [2.45, 2.75) is 25.7 Å². The molecule has 0 spiro atoms. The Morgan fingerprint density at radius 3 is 2.71 bits per heavy atom. The van der Waals surface area contributed by atoms with Gasteiger partial charge in [0.25, 0.3) is 5.91 Å². The average molecular weight is 412 g/mol. The molecule has 0 aliphatic carbocycles. The van der Waals surface area contributed by atoms with Gasteiger partial charge in [0.1, 0.15) is 4.32 Å². The van der Waals surface area contributed by atoms with Crippen LogP contribution in [-0.4, -0.2) is 32.6 Å². The molecule has 1 aliphatic heterocycles. The summed E-state index contributed by atoms with van der Waals surface area (Å²) in [5, 5.41) is 2.82. The molecule has 2 amide bonds. The number of nitrogens with zero attached hydrogens (tertiary/aromatic N) is 2. The maximum Gasteiger partial charge on any atom is 0.266 e. The van der Waals surface area contributed by atoms with Gasteiger partial charge in [-0.05, 0) is 36.6 Å². The molecule has 1 saturated heterocycles. The topological polar surface area (TPSA) is 62.3 Å². The third-order valence-electron chi connectivity index (χ3n) is 4.20. The van der Waals surface area contributed by atoms with Gasteiger partial charge in [-0.3, -0.25) is 19.5 Å². The third kappa shape index (κ3) is 5.74. The molecule has 0 bridgehead atoms. The van der Waals surface area contributed by atoms with Crippen LogP contribution in [-0.2, 0) is 9.59 Å². The second kappa shape index (κ2) is 10.1. The highest BCUT2D eigenvalue weighted by atomic mass is 32.2. The third-order valence-corrected chi connectivity index (χ3v) is 5.58. The Balaban J connectivity index is 1.40. The highest BCUT2D eigenvalue weighted by Crippen LogP contribution is 2.32. The molecule has 0 saturated carbocycles. The van der Waals surface area contributed by atoms with E-state index in [-0.39, 0.29) is 11.8 Å². The van der Waals surface area contributed by atoms with Gasteiger partial charge in [-0.25, -0.2) is 0 Å². The number of hydrogen-bond acceptors (Lipinski definition) is 5. The van der Waals surface area contributed by atoms with E-state index >= 15 is 0 Å². The fourth-order valence-electron chi connectivity index (χ4n) is 2.79. The maximum absolute atomic E-state index is 12.6. The standard InChI is InChI=1S/C21H21N3O2S2/c25-19(23-17-10-7-12-22-15-17)11-5-2-6-13-24-20(26)18(28-21(24)27)14-16-8-3-1-4-9-16/h1,3-4,7-10,12,14-15H,2,5-6,11,13H2,(H,23,25)/b18-14-. The van der Waals surface area contributed by atoms with Crippen molar-refractivity contribution in [3.05, 3.63) is 65.3 Å². The van der Waals surface area contributed by atoms with Crippen molar-refractivity contribution in [1.82, 2.24) is 9.88 Å². The molecule has 1 aromatic carbocycles. The summed E-state index contributed by atoms with van der Waals surface area (Å²) in [5.74, 6) is -0.0578. The number of rotatable bonds is 8. The summed E-state index contributed by atoms with van der Waals surface area (Å²) in [6.45, 7) is 0.584. The number of anilines is 1. The lowest BCUT2D eigenvalue weighted by molar-refractivity contribution is -0.122. The van der Waals surface area contributed by atoms with Crippen molar-refractivity contribution in [3.63, 3.8) is 0 Å². The Morgan fingerprint density at radius 2 is 1.96 bits per heavy atom. The van der Waals surface area contributed by atoms with Gasteiger partial charge in [-0.1, -0.05) is 60.7 Å². The van der Waals surface area contributed by atoms with Crippen LogP contribution in [0.1, 0.15) is 31.2 Å². The quantitative estimate of drug-likeness (QED) is 0.394. The molecule has 3 rings (SSSR count). The Morgan fingerprint density at radius 1 is 1.14 bits per heavy atom. The second-order valence-corrected chi connectivity index (χ2v) is 8.02. The minimum absolute atomic E-state index is 0.0237. The minimum atomic E-state index is -0.0341. The van der Waals surface area contributed by atoms with Crippen LogP contribution in [0, 0.1) is 0 Å². The average Bonchev–Trinajstić information content (AvgIpc) is 2.96. The number of hydrogen-bond donors (Lipinski definition) is 1. The summed E-state index contributed by atoms with van der Waals surface area (Å²) < 4.78 is 0.599. The predicted octanol–water partition coefficient (Wildman–Crippen LogP) is 4.48. The molecule has 1 N–H and O–H groups in total. The lowest BCUT2D eigenvalue weighted by atomic mass is 10.1. The molecule has 1 aliphatic rings. The van der Waals surface area contributed by atoms with Crippen LogP contribution in [0.3, 0.4) is 0 Å². The van der Waals surface area contributed by atoms with Gasteiger partial charge in [0.05, 0.1) is 16.8 Å². The van der Waals surface area contributed by atoms with Crippen LogP contribution in [0.25, 0.3) is 6.08 Å². The molecule has 2 aromatic rings. The van der Waals surface area contributed by atoms with Gasteiger partial charge in [-0.2, -0.15) is 0 Å². The first-order chi connectivity index (χ1) is 13.6. The maximum atomic E-state index is 12.6. The fourth-order valence-corrected chi connectivity index (χ4v) is 4.09. The molecule has 0 unspecified atom stereocenters. The second-order valence-electron chi connectivity index (χ2n) is 6.34. The van der Waals surface area contributed by atoms with Gasteiger partial charge in [-0.15, -0.1) is 0 Å². The Bertz CT molecular complexity index is 870. The monoisotopic (exact) mass is 411 g/mol. The molecule has 1 fully saturated rings. The van der Waals surface area contributed by atoms with E-state index in [0.29, 0.717) is 27.9 Å². The van der Waals surface area contributed by atoms with Crippen molar-refractivity contribution in [2.75, 3.05) is 11.9 Å². The number of carbonyl (C=O) groups is 2. The smallest absolute Gasteiger partial charge is 0.266 e. The largest absolute Gasteiger partial charge is 0.325 e. The highest BCUT2D eigenvalue weighted by molar-refractivity contribution is 8.26. The Labute approximate surface area is 174 Å². The number of carbonyl (C=O) groups excluding carboxylic acids is 2. The van der Waals surface area contributed by atoms with Crippen molar-refractivity contribution in [1.29, 1.82) is 0 Å². The van der Waals surface area contributed by atoms with Crippen molar-refractivity contribution in [2.24, 2.45) is 0 Å². The number of amides is 2. The molecule has 2 heterocycles. The fraction of sp³-hybridized carbons (Fsp3) is 0.238. The SMILES string of the molecule is O=C(CCCCCN1C(=O)/C(=C/c2ccccc2)SC1=S)Nc1cccnc1. The van der Waals surface area contributed by atoms with E-state index < -0.39 is 0 Å². The van der Waals surface area contributed by atoms with Gasteiger partial charge < -0.3 is 5.32 Å². The Hall–Kier alpha value is -2.51. The zero-order valence-corrected chi connectivity index (χ0v) is 17.0. The van der Waals surface area contributed by atoms with Crippen LogP contribution in [0.5, 0.6) is 0 Å². The summed E-state index contributed by atoms with van der Waals surface area (Å²) in [6, 6.07) is 13.3. The number of unbranched alkanes of at least 4 members (excludes halogenated alkanes) is 2. The van der Waals surface area contributed by atoms with Crippen molar-refractivity contribution >= 4 is 51.9 Å². The van der Waals surface area contributed by atoms with Crippen LogP contribution in [0.15, 0.2) is 59.8 Å². The number of pyridine rings is 1.